The van der Waals surface area contributed by atoms with Gasteiger partial charge in [-0.25, -0.2) is 4.39 Å². The number of rotatable bonds is 7. The topological polar surface area (TPSA) is 33.0 Å². The van der Waals surface area contributed by atoms with Crippen LogP contribution in [-0.2, 0) is 0 Å². The Morgan fingerprint density at radius 3 is 2.17 bits per heavy atom. The van der Waals surface area contributed by atoms with Gasteiger partial charge in [-0.3, -0.25) is 0 Å². The average Bonchev–Trinajstić information content (AvgIpc) is 2.57. The van der Waals surface area contributed by atoms with Crippen LogP contribution in [0, 0.1) is 17.1 Å². The van der Waals surface area contributed by atoms with E-state index in [1.165, 1.54) is 17.7 Å². The van der Waals surface area contributed by atoms with Crippen molar-refractivity contribution < 1.29 is 9.13 Å². The SMILES string of the molecule is CC(C)c1ccc(C(C#N)CCCOc2ccc(F)cc2)cc1. The summed E-state index contributed by atoms with van der Waals surface area (Å²) < 4.78 is 18.4. The molecule has 0 fully saturated rings. The van der Waals surface area contributed by atoms with E-state index >= 15 is 0 Å². The highest BCUT2D eigenvalue weighted by Gasteiger charge is 2.11. The summed E-state index contributed by atoms with van der Waals surface area (Å²) in [4.78, 5) is 0. The molecule has 0 radical (unpaired) electrons. The van der Waals surface area contributed by atoms with Gasteiger partial charge in [0.25, 0.3) is 0 Å². The van der Waals surface area contributed by atoms with Crippen molar-refractivity contribution in [1.82, 2.24) is 0 Å². The summed E-state index contributed by atoms with van der Waals surface area (Å²) >= 11 is 0. The summed E-state index contributed by atoms with van der Waals surface area (Å²) in [7, 11) is 0. The van der Waals surface area contributed by atoms with Crippen molar-refractivity contribution in [1.29, 1.82) is 5.26 Å². The van der Waals surface area contributed by atoms with E-state index in [1.54, 1.807) is 12.1 Å². The number of ether oxygens (including phenoxy) is 1. The van der Waals surface area contributed by atoms with E-state index in [4.69, 9.17) is 4.74 Å². The smallest absolute Gasteiger partial charge is 0.123 e. The van der Waals surface area contributed by atoms with Crippen LogP contribution in [0.25, 0.3) is 0 Å². The fourth-order valence-electron chi connectivity index (χ4n) is 2.43. The lowest BCUT2D eigenvalue weighted by Gasteiger charge is -2.12. The van der Waals surface area contributed by atoms with Crippen molar-refractivity contribution in [3.8, 4) is 11.8 Å². The van der Waals surface area contributed by atoms with Crippen LogP contribution >= 0.6 is 0 Å². The normalized spacial score (nSPS) is 12.0. The third kappa shape index (κ3) is 5.10. The van der Waals surface area contributed by atoms with Gasteiger partial charge in [0.05, 0.1) is 18.6 Å². The molecule has 1 atom stereocenters. The van der Waals surface area contributed by atoms with Crippen molar-refractivity contribution in [3.05, 3.63) is 65.5 Å². The molecule has 0 aliphatic rings. The molecule has 0 aromatic heterocycles. The Morgan fingerprint density at radius 2 is 1.61 bits per heavy atom. The van der Waals surface area contributed by atoms with E-state index in [1.807, 2.05) is 12.1 Å². The van der Waals surface area contributed by atoms with Crippen LogP contribution in [0.1, 0.15) is 49.7 Å². The lowest BCUT2D eigenvalue weighted by Crippen LogP contribution is -2.02. The first-order valence-corrected chi connectivity index (χ1v) is 7.98. The van der Waals surface area contributed by atoms with Crippen LogP contribution < -0.4 is 4.74 Å². The van der Waals surface area contributed by atoms with Gasteiger partial charge in [-0.05, 0) is 54.2 Å². The van der Waals surface area contributed by atoms with Gasteiger partial charge in [-0.2, -0.15) is 5.26 Å². The van der Waals surface area contributed by atoms with Crippen molar-refractivity contribution in [2.24, 2.45) is 0 Å². The van der Waals surface area contributed by atoms with E-state index < -0.39 is 0 Å². The van der Waals surface area contributed by atoms with Crippen molar-refractivity contribution in [3.63, 3.8) is 0 Å². The first kappa shape index (κ1) is 17.0. The molecular formula is C20H22FNO. The number of hydrogen-bond acceptors (Lipinski definition) is 2. The molecule has 0 aliphatic carbocycles. The minimum absolute atomic E-state index is 0.118. The average molecular weight is 311 g/mol. The Labute approximate surface area is 137 Å². The zero-order chi connectivity index (χ0) is 16.7. The van der Waals surface area contributed by atoms with Crippen LogP contribution in [0.5, 0.6) is 5.75 Å². The molecule has 0 saturated carbocycles. The quantitative estimate of drug-likeness (QED) is 0.640. The van der Waals surface area contributed by atoms with Crippen molar-refractivity contribution in [2.45, 2.75) is 38.5 Å². The Balaban J connectivity index is 1.83. The Bertz CT molecular complexity index is 641. The number of halogens is 1. The summed E-state index contributed by atoms with van der Waals surface area (Å²) in [6, 6.07) is 16.6. The standard InChI is InChI=1S/C20H22FNO/c1-15(2)16-5-7-17(8-6-16)18(14-22)4-3-13-23-20-11-9-19(21)10-12-20/h5-12,15,18H,3-4,13H2,1-2H3. The molecular weight excluding hydrogens is 289 g/mol. The summed E-state index contributed by atoms with van der Waals surface area (Å²) in [5.41, 5.74) is 2.34. The zero-order valence-corrected chi connectivity index (χ0v) is 13.6. The molecule has 23 heavy (non-hydrogen) atoms. The van der Waals surface area contributed by atoms with E-state index in [2.05, 4.69) is 32.0 Å². The predicted octanol–water partition coefficient (Wildman–Crippen LogP) is 5.42. The molecule has 0 saturated heterocycles. The van der Waals surface area contributed by atoms with Crippen LogP contribution in [0.3, 0.4) is 0 Å². The number of nitrogens with zero attached hydrogens (tertiary/aromatic N) is 1. The molecule has 0 bridgehead atoms. The van der Waals surface area contributed by atoms with Crippen LogP contribution in [0.4, 0.5) is 4.39 Å². The van der Waals surface area contributed by atoms with E-state index in [9.17, 15) is 9.65 Å². The summed E-state index contributed by atoms with van der Waals surface area (Å²) in [6.07, 6.45) is 1.53. The molecule has 2 aromatic rings. The molecule has 120 valence electrons. The third-order valence-corrected chi connectivity index (χ3v) is 3.88. The van der Waals surface area contributed by atoms with Crippen molar-refractivity contribution in [2.75, 3.05) is 6.61 Å². The van der Waals surface area contributed by atoms with E-state index in [0.717, 1.165) is 18.4 Å². The summed E-state index contributed by atoms with van der Waals surface area (Å²) in [5.74, 6) is 0.759. The van der Waals surface area contributed by atoms with Crippen LogP contribution in [0.15, 0.2) is 48.5 Å². The minimum atomic E-state index is -0.272. The molecule has 0 N–H and O–H groups in total. The highest BCUT2D eigenvalue weighted by molar-refractivity contribution is 5.30. The molecule has 1 unspecified atom stereocenters. The minimum Gasteiger partial charge on any atom is -0.494 e. The zero-order valence-electron chi connectivity index (χ0n) is 13.6. The van der Waals surface area contributed by atoms with Crippen LogP contribution in [0.2, 0.25) is 0 Å². The highest BCUT2D eigenvalue weighted by Crippen LogP contribution is 2.23. The Morgan fingerprint density at radius 1 is 1.00 bits per heavy atom. The van der Waals surface area contributed by atoms with Crippen molar-refractivity contribution >= 4 is 0 Å². The van der Waals surface area contributed by atoms with Gasteiger partial charge in [0.15, 0.2) is 0 Å². The van der Waals surface area contributed by atoms with Gasteiger partial charge in [0.1, 0.15) is 11.6 Å². The maximum atomic E-state index is 12.8. The van der Waals surface area contributed by atoms with Gasteiger partial charge in [-0.1, -0.05) is 38.1 Å². The van der Waals surface area contributed by atoms with Gasteiger partial charge >= 0.3 is 0 Å². The monoisotopic (exact) mass is 311 g/mol. The maximum absolute atomic E-state index is 12.8. The molecule has 3 heteroatoms. The van der Waals surface area contributed by atoms with Gasteiger partial charge in [0.2, 0.25) is 0 Å². The molecule has 2 nitrogen and oxygen atoms in total. The van der Waals surface area contributed by atoms with E-state index in [0.29, 0.717) is 18.3 Å². The fraction of sp³-hybridized carbons (Fsp3) is 0.350. The molecule has 0 aliphatic heterocycles. The first-order chi connectivity index (χ1) is 11.1. The molecule has 0 heterocycles. The second kappa shape index (κ2) is 8.33. The Hall–Kier alpha value is -2.34. The van der Waals surface area contributed by atoms with Crippen LogP contribution in [-0.4, -0.2) is 6.61 Å². The first-order valence-electron chi connectivity index (χ1n) is 7.98. The predicted molar refractivity (Wildman–Crippen MR) is 90.0 cm³/mol. The maximum Gasteiger partial charge on any atom is 0.123 e. The van der Waals surface area contributed by atoms with Gasteiger partial charge in [-0.15, -0.1) is 0 Å². The van der Waals surface area contributed by atoms with Gasteiger partial charge in [0, 0.05) is 0 Å². The third-order valence-electron chi connectivity index (χ3n) is 3.88. The molecule has 2 aromatic carbocycles. The number of benzene rings is 2. The summed E-state index contributed by atoms with van der Waals surface area (Å²) in [6.45, 7) is 4.83. The van der Waals surface area contributed by atoms with Gasteiger partial charge < -0.3 is 4.74 Å². The largest absolute Gasteiger partial charge is 0.494 e. The second-order valence-electron chi connectivity index (χ2n) is 5.95. The Kier molecular flexibility index (Phi) is 6.17. The molecule has 0 spiro atoms. The fourth-order valence-corrected chi connectivity index (χ4v) is 2.43. The lowest BCUT2D eigenvalue weighted by atomic mass is 9.93. The second-order valence-corrected chi connectivity index (χ2v) is 5.95. The summed E-state index contributed by atoms with van der Waals surface area (Å²) in [5, 5.41) is 9.37. The lowest BCUT2D eigenvalue weighted by molar-refractivity contribution is 0.304. The molecule has 2 rings (SSSR count). The number of hydrogen-bond donors (Lipinski definition) is 0. The number of nitriles is 1. The van der Waals surface area contributed by atoms with E-state index in [-0.39, 0.29) is 11.7 Å². The highest BCUT2D eigenvalue weighted by atomic mass is 19.1. The molecule has 0 amide bonds.